The highest BCUT2D eigenvalue weighted by molar-refractivity contribution is 5.79. The Morgan fingerprint density at radius 1 is 1.40 bits per heavy atom. The molecule has 0 spiro atoms. The van der Waals surface area contributed by atoms with Gasteiger partial charge < -0.3 is 15.5 Å². The van der Waals surface area contributed by atoms with Gasteiger partial charge in [-0.05, 0) is 31.0 Å². The number of aliphatic hydroxyl groups is 1. The minimum Gasteiger partial charge on any atom is -0.508 e. The van der Waals surface area contributed by atoms with E-state index in [1.54, 1.807) is 24.3 Å². The van der Waals surface area contributed by atoms with Crippen molar-refractivity contribution in [2.75, 3.05) is 6.54 Å². The van der Waals surface area contributed by atoms with Crippen LogP contribution in [0.3, 0.4) is 0 Å². The summed E-state index contributed by atoms with van der Waals surface area (Å²) in [4.78, 5) is 11.0. The largest absolute Gasteiger partial charge is 0.508 e. The third-order valence-corrected chi connectivity index (χ3v) is 2.03. The second-order valence-electron chi connectivity index (χ2n) is 3.38. The monoisotopic (exact) mass is 209 g/mol. The summed E-state index contributed by atoms with van der Waals surface area (Å²) >= 11 is 0. The fraction of sp³-hybridized carbons (Fsp3) is 0.364. The topological polar surface area (TPSA) is 69.6 Å². The molecule has 1 atom stereocenters. The SMILES string of the molecule is C[C@H](O)C(=O)NCCc1ccc(O)cc1. The van der Waals surface area contributed by atoms with Crippen LogP contribution in [0, 0.1) is 0 Å². The van der Waals surface area contributed by atoms with E-state index in [1.807, 2.05) is 0 Å². The Hall–Kier alpha value is -1.55. The van der Waals surface area contributed by atoms with Crippen LogP contribution in [-0.4, -0.2) is 28.8 Å². The first-order valence-electron chi connectivity index (χ1n) is 4.83. The summed E-state index contributed by atoms with van der Waals surface area (Å²) in [5.74, 6) is -0.138. The third kappa shape index (κ3) is 3.99. The number of aliphatic hydroxyl groups excluding tert-OH is 1. The molecule has 0 aromatic heterocycles. The molecule has 1 aromatic carbocycles. The van der Waals surface area contributed by atoms with E-state index in [0.29, 0.717) is 13.0 Å². The predicted octanol–water partition coefficient (Wildman–Crippen LogP) is 0.432. The van der Waals surface area contributed by atoms with Crippen molar-refractivity contribution < 1.29 is 15.0 Å². The molecule has 15 heavy (non-hydrogen) atoms. The van der Waals surface area contributed by atoms with Gasteiger partial charge in [0.15, 0.2) is 0 Å². The number of aromatic hydroxyl groups is 1. The van der Waals surface area contributed by atoms with Crippen LogP contribution in [-0.2, 0) is 11.2 Å². The average Bonchev–Trinajstić information content (AvgIpc) is 2.20. The first kappa shape index (κ1) is 11.5. The van der Waals surface area contributed by atoms with Gasteiger partial charge in [-0.3, -0.25) is 4.79 Å². The highest BCUT2D eigenvalue weighted by Crippen LogP contribution is 2.09. The van der Waals surface area contributed by atoms with Crippen molar-refractivity contribution in [2.24, 2.45) is 0 Å². The Morgan fingerprint density at radius 2 is 2.00 bits per heavy atom. The molecule has 0 saturated carbocycles. The molecule has 0 aliphatic rings. The van der Waals surface area contributed by atoms with Gasteiger partial charge in [-0.1, -0.05) is 12.1 Å². The molecular formula is C11H15NO3. The minimum absolute atomic E-state index is 0.228. The first-order valence-corrected chi connectivity index (χ1v) is 4.83. The molecule has 82 valence electrons. The molecule has 1 aromatic rings. The summed E-state index contributed by atoms with van der Waals surface area (Å²) in [6, 6.07) is 6.80. The van der Waals surface area contributed by atoms with Gasteiger partial charge >= 0.3 is 0 Å². The molecule has 0 aliphatic heterocycles. The number of rotatable bonds is 4. The van der Waals surface area contributed by atoms with Gasteiger partial charge in [-0.25, -0.2) is 0 Å². The van der Waals surface area contributed by atoms with E-state index in [4.69, 9.17) is 10.2 Å². The van der Waals surface area contributed by atoms with Crippen molar-refractivity contribution >= 4 is 5.91 Å². The maximum Gasteiger partial charge on any atom is 0.248 e. The summed E-state index contributed by atoms with van der Waals surface area (Å²) in [5.41, 5.74) is 1.03. The third-order valence-electron chi connectivity index (χ3n) is 2.03. The van der Waals surface area contributed by atoms with Crippen molar-refractivity contribution in [1.29, 1.82) is 0 Å². The Labute approximate surface area is 88.6 Å². The van der Waals surface area contributed by atoms with E-state index < -0.39 is 6.10 Å². The van der Waals surface area contributed by atoms with Crippen LogP contribution in [0.2, 0.25) is 0 Å². The maximum atomic E-state index is 11.0. The standard InChI is InChI=1S/C11H15NO3/c1-8(13)11(15)12-7-6-9-2-4-10(14)5-3-9/h2-5,8,13-14H,6-7H2,1H3,(H,12,15)/t8-/m0/s1. The zero-order valence-corrected chi connectivity index (χ0v) is 8.60. The van der Waals surface area contributed by atoms with Crippen LogP contribution in [0.1, 0.15) is 12.5 Å². The van der Waals surface area contributed by atoms with Gasteiger partial charge in [0.05, 0.1) is 0 Å². The number of benzene rings is 1. The fourth-order valence-electron chi connectivity index (χ4n) is 1.14. The lowest BCUT2D eigenvalue weighted by Crippen LogP contribution is -2.33. The minimum atomic E-state index is -0.968. The Kier molecular flexibility index (Phi) is 4.12. The van der Waals surface area contributed by atoms with Gasteiger partial charge in [-0.2, -0.15) is 0 Å². The highest BCUT2D eigenvalue weighted by Gasteiger charge is 2.06. The molecule has 0 radical (unpaired) electrons. The molecule has 0 bridgehead atoms. The zero-order valence-electron chi connectivity index (χ0n) is 8.60. The summed E-state index contributed by atoms with van der Waals surface area (Å²) in [5, 5.41) is 20.5. The summed E-state index contributed by atoms with van der Waals surface area (Å²) in [7, 11) is 0. The highest BCUT2D eigenvalue weighted by atomic mass is 16.3. The number of carbonyl (C=O) groups excluding carboxylic acids is 1. The van der Waals surface area contributed by atoms with Crippen molar-refractivity contribution in [3.63, 3.8) is 0 Å². The van der Waals surface area contributed by atoms with Crippen molar-refractivity contribution in [2.45, 2.75) is 19.4 Å². The smallest absolute Gasteiger partial charge is 0.248 e. The van der Waals surface area contributed by atoms with Gasteiger partial charge in [0.1, 0.15) is 11.9 Å². The molecule has 0 saturated heterocycles. The van der Waals surface area contributed by atoms with E-state index in [-0.39, 0.29) is 11.7 Å². The summed E-state index contributed by atoms with van der Waals surface area (Å²) in [6.45, 7) is 1.91. The number of phenols is 1. The van der Waals surface area contributed by atoms with Gasteiger partial charge in [0.2, 0.25) is 5.91 Å². The Bertz CT molecular complexity index is 319. The summed E-state index contributed by atoms with van der Waals surface area (Å²) in [6.07, 6.45) is -0.288. The normalized spacial score (nSPS) is 12.1. The number of hydrogen-bond donors (Lipinski definition) is 3. The van der Waals surface area contributed by atoms with Crippen LogP contribution in [0.15, 0.2) is 24.3 Å². The van der Waals surface area contributed by atoms with Crippen LogP contribution < -0.4 is 5.32 Å². The maximum absolute atomic E-state index is 11.0. The van der Waals surface area contributed by atoms with E-state index in [1.165, 1.54) is 6.92 Å². The van der Waals surface area contributed by atoms with E-state index in [9.17, 15) is 4.79 Å². The average molecular weight is 209 g/mol. The van der Waals surface area contributed by atoms with Crippen LogP contribution in [0.25, 0.3) is 0 Å². The number of carbonyl (C=O) groups is 1. The lowest BCUT2D eigenvalue weighted by molar-refractivity contribution is -0.128. The van der Waals surface area contributed by atoms with E-state index >= 15 is 0 Å². The van der Waals surface area contributed by atoms with Crippen LogP contribution in [0.4, 0.5) is 0 Å². The molecule has 0 aliphatic carbocycles. The quantitative estimate of drug-likeness (QED) is 0.673. The fourth-order valence-corrected chi connectivity index (χ4v) is 1.14. The molecule has 1 amide bonds. The van der Waals surface area contributed by atoms with Crippen LogP contribution in [0.5, 0.6) is 5.75 Å². The van der Waals surface area contributed by atoms with E-state index in [2.05, 4.69) is 5.32 Å². The molecule has 0 heterocycles. The predicted molar refractivity (Wildman–Crippen MR) is 56.5 cm³/mol. The van der Waals surface area contributed by atoms with E-state index in [0.717, 1.165) is 5.56 Å². The lowest BCUT2D eigenvalue weighted by Gasteiger charge is -2.06. The van der Waals surface area contributed by atoms with Crippen molar-refractivity contribution in [3.05, 3.63) is 29.8 Å². The Morgan fingerprint density at radius 3 is 2.53 bits per heavy atom. The number of nitrogens with one attached hydrogen (secondary N) is 1. The second-order valence-corrected chi connectivity index (χ2v) is 3.38. The number of hydrogen-bond acceptors (Lipinski definition) is 3. The van der Waals surface area contributed by atoms with Crippen molar-refractivity contribution in [1.82, 2.24) is 5.32 Å². The Balaban J connectivity index is 2.32. The number of amides is 1. The molecule has 4 heteroatoms. The molecule has 3 N–H and O–H groups in total. The molecule has 1 rings (SSSR count). The molecular weight excluding hydrogens is 194 g/mol. The molecule has 0 unspecified atom stereocenters. The van der Waals surface area contributed by atoms with Gasteiger partial charge in [-0.15, -0.1) is 0 Å². The van der Waals surface area contributed by atoms with Gasteiger partial charge in [0, 0.05) is 6.54 Å². The second kappa shape index (κ2) is 5.36. The zero-order chi connectivity index (χ0) is 11.3. The number of phenolic OH excluding ortho intramolecular Hbond substituents is 1. The first-order chi connectivity index (χ1) is 7.09. The summed E-state index contributed by atoms with van der Waals surface area (Å²) < 4.78 is 0. The van der Waals surface area contributed by atoms with Crippen LogP contribution >= 0.6 is 0 Å². The van der Waals surface area contributed by atoms with Gasteiger partial charge in [0.25, 0.3) is 0 Å². The molecule has 0 fully saturated rings. The lowest BCUT2D eigenvalue weighted by atomic mass is 10.1. The van der Waals surface area contributed by atoms with Crippen molar-refractivity contribution in [3.8, 4) is 5.75 Å². The molecule has 4 nitrogen and oxygen atoms in total.